The molecule has 4 aromatic carbocycles. The van der Waals surface area contributed by atoms with Crippen molar-refractivity contribution < 1.29 is 22.7 Å². The molecule has 0 unspecified atom stereocenters. The van der Waals surface area contributed by atoms with Gasteiger partial charge in [-0.1, -0.05) is 79.7 Å². The predicted octanol–water partition coefficient (Wildman–Crippen LogP) is 5.67. The molecule has 0 heterocycles. The second-order valence-corrected chi connectivity index (χ2v) is 12.8. The molecule has 4 aromatic rings. The van der Waals surface area contributed by atoms with Gasteiger partial charge in [0, 0.05) is 19.5 Å². The molecule has 0 aliphatic carbocycles. The first-order chi connectivity index (χ1) is 21.6. The highest BCUT2D eigenvalue weighted by Gasteiger charge is 2.35. The van der Waals surface area contributed by atoms with Crippen molar-refractivity contribution in [3.8, 4) is 5.75 Å². The first-order valence-electron chi connectivity index (χ1n) is 15.0. The van der Waals surface area contributed by atoms with Gasteiger partial charge in [0.25, 0.3) is 10.0 Å². The highest BCUT2D eigenvalue weighted by molar-refractivity contribution is 7.92. The molecule has 45 heavy (non-hydrogen) atoms. The van der Waals surface area contributed by atoms with Crippen LogP contribution in [0.4, 0.5) is 5.69 Å². The smallest absolute Gasteiger partial charge is 0.264 e. The summed E-state index contributed by atoms with van der Waals surface area (Å²) in [6.07, 6.45) is 0.977. The maximum atomic E-state index is 14.6. The number of anilines is 1. The minimum absolute atomic E-state index is 0.0686. The summed E-state index contributed by atoms with van der Waals surface area (Å²) < 4.78 is 35.0. The number of sulfonamides is 1. The van der Waals surface area contributed by atoms with Gasteiger partial charge in [0.05, 0.1) is 17.7 Å². The SMILES string of the molecule is CCCNC(=O)[C@H](Cc1ccccc1)N(Cc1cccc(OC)c1)C(=O)CN(c1cc(C)ccc1C)S(=O)(=O)c1ccccc1. The molecule has 1 N–H and O–H groups in total. The van der Waals surface area contributed by atoms with E-state index in [9.17, 15) is 18.0 Å². The molecule has 2 amide bonds. The normalized spacial score (nSPS) is 11.8. The molecule has 0 bridgehead atoms. The lowest BCUT2D eigenvalue weighted by Crippen LogP contribution is -2.53. The lowest BCUT2D eigenvalue weighted by atomic mass is 10.0. The van der Waals surface area contributed by atoms with Crippen molar-refractivity contribution >= 4 is 27.5 Å². The fraction of sp³-hybridized carbons (Fsp3) is 0.278. The summed E-state index contributed by atoms with van der Waals surface area (Å²) >= 11 is 0. The maximum Gasteiger partial charge on any atom is 0.264 e. The third-order valence-corrected chi connectivity index (χ3v) is 9.32. The number of hydrogen-bond donors (Lipinski definition) is 1. The molecule has 0 saturated carbocycles. The van der Waals surface area contributed by atoms with E-state index in [4.69, 9.17) is 4.74 Å². The summed E-state index contributed by atoms with van der Waals surface area (Å²) in [6, 6.07) is 29.5. The monoisotopic (exact) mass is 627 g/mol. The molecular formula is C36H41N3O5S. The van der Waals surface area contributed by atoms with Crippen LogP contribution in [0.15, 0.2) is 108 Å². The number of hydrogen-bond acceptors (Lipinski definition) is 5. The van der Waals surface area contributed by atoms with Crippen LogP contribution in [0, 0.1) is 13.8 Å². The Kier molecular flexibility index (Phi) is 11.4. The molecule has 0 fully saturated rings. The van der Waals surface area contributed by atoms with E-state index >= 15 is 0 Å². The standard InChI is InChI=1S/C36H41N3O5S/c1-5-21-37-36(41)34(24-29-13-8-6-9-14-29)38(25-30-15-12-16-31(23-30)44-4)35(40)26-39(33-22-27(2)19-20-28(33)3)45(42,43)32-17-10-7-11-18-32/h6-20,22-23,34H,5,21,24-26H2,1-4H3,(H,37,41)/t34-/m0/s1. The Morgan fingerprint density at radius 2 is 1.51 bits per heavy atom. The van der Waals surface area contributed by atoms with Crippen molar-refractivity contribution in [3.05, 3.63) is 125 Å². The molecule has 236 valence electrons. The van der Waals surface area contributed by atoms with Crippen LogP contribution in [0.3, 0.4) is 0 Å². The quantitative estimate of drug-likeness (QED) is 0.194. The highest BCUT2D eigenvalue weighted by Crippen LogP contribution is 2.29. The molecular weight excluding hydrogens is 586 g/mol. The molecule has 0 spiro atoms. The predicted molar refractivity (Wildman–Crippen MR) is 178 cm³/mol. The number of benzene rings is 4. The lowest BCUT2D eigenvalue weighted by molar-refractivity contribution is -0.140. The van der Waals surface area contributed by atoms with E-state index in [0.717, 1.165) is 27.4 Å². The molecule has 9 heteroatoms. The summed E-state index contributed by atoms with van der Waals surface area (Å²) in [7, 11) is -2.59. The number of methoxy groups -OCH3 is 1. The molecule has 1 atom stereocenters. The van der Waals surface area contributed by atoms with E-state index in [1.807, 2.05) is 81.4 Å². The van der Waals surface area contributed by atoms with Gasteiger partial charge >= 0.3 is 0 Å². The van der Waals surface area contributed by atoms with Crippen LogP contribution in [0.25, 0.3) is 0 Å². The van der Waals surface area contributed by atoms with E-state index < -0.39 is 28.5 Å². The zero-order chi connectivity index (χ0) is 32.4. The number of ether oxygens (including phenoxy) is 1. The number of amides is 2. The van der Waals surface area contributed by atoms with E-state index in [1.165, 1.54) is 17.0 Å². The number of nitrogens with one attached hydrogen (secondary N) is 1. The molecule has 0 aliphatic heterocycles. The highest BCUT2D eigenvalue weighted by atomic mass is 32.2. The topological polar surface area (TPSA) is 96.0 Å². The van der Waals surface area contributed by atoms with Crippen LogP contribution in [-0.4, -0.2) is 51.4 Å². The molecule has 8 nitrogen and oxygen atoms in total. The van der Waals surface area contributed by atoms with Crippen molar-refractivity contribution in [2.45, 2.75) is 51.1 Å². The van der Waals surface area contributed by atoms with Crippen molar-refractivity contribution in [1.82, 2.24) is 10.2 Å². The number of rotatable bonds is 14. The average molecular weight is 628 g/mol. The average Bonchev–Trinajstić information content (AvgIpc) is 3.06. The first-order valence-corrected chi connectivity index (χ1v) is 16.5. The third-order valence-electron chi connectivity index (χ3n) is 7.55. The van der Waals surface area contributed by atoms with Crippen molar-refractivity contribution in [1.29, 1.82) is 0 Å². The van der Waals surface area contributed by atoms with Crippen LogP contribution in [0.2, 0.25) is 0 Å². The fourth-order valence-corrected chi connectivity index (χ4v) is 6.60. The minimum Gasteiger partial charge on any atom is -0.497 e. The second kappa shape index (κ2) is 15.4. The van der Waals surface area contributed by atoms with E-state index in [1.54, 1.807) is 37.4 Å². The van der Waals surface area contributed by atoms with Crippen LogP contribution in [0.1, 0.15) is 35.6 Å². The van der Waals surface area contributed by atoms with Gasteiger partial charge in [-0.25, -0.2) is 8.42 Å². The van der Waals surface area contributed by atoms with Crippen LogP contribution >= 0.6 is 0 Å². The lowest BCUT2D eigenvalue weighted by Gasteiger charge is -2.34. The van der Waals surface area contributed by atoms with Gasteiger partial charge in [0.1, 0.15) is 18.3 Å². The Bertz CT molecular complexity index is 1690. The third kappa shape index (κ3) is 8.51. The fourth-order valence-electron chi connectivity index (χ4n) is 5.11. The number of carbonyl (C=O) groups excluding carboxylic acids is 2. The van der Waals surface area contributed by atoms with Gasteiger partial charge in [0.15, 0.2) is 0 Å². The summed E-state index contributed by atoms with van der Waals surface area (Å²) in [5.41, 5.74) is 3.58. The number of carbonyl (C=O) groups is 2. The summed E-state index contributed by atoms with van der Waals surface area (Å²) in [5, 5.41) is 2.96. The van der Waals surface area contributed by atoms with Gasteiger partial charge in [-0.15, -0.1) is 0 Å². The van der Waals surface area contributed by atoms with Gasteiger partial charge in [-0.2, -0.15) is 0 Å². The van der Waals surface area contributed by atoms with Crippen molar-refractivity contribution in [3.63, 3.8) is 0 Å². The zero-order valence-corrected chi connectivity index (χ0v) is 27.1. The van der Waals surface area contributed by atoms with Crippen LogP contribution in [-0.2, 0) is 32.6 Å². The number of nitrogens with zero attached hydrogens (tertiary/aromatic N) is 2. The van der Waals surface area contributed by atoms with E-state index in [2.05, 4.69) is 5.32 Å². The maximum absolute atomic E-state index is 14.6. The molecule has 0 radical (unpaired) electrons. The van der Waals surface area contributed by atoms with Crippen LogP contribution < -0.4 is 14.4 Å². The Hall–Kier alpha value is -4.63. The van der Waals surface area contributed by atoms with Gasteiger partial charge in [0.2, 0.25) is 11.8 Å². The minimum atomic E-state index is -4.16. The van der Waals surface area contributed by atoms with Gasteiger partial charge in [-0.3, -0.25) is 13.9 Å². The Balaban J connectivity index is 1.83. The van der Waals surface area contributed by atoms with Crippen LogP contribution in [0.5, 0.6) is 5.75 Å². The summed E-state index contributed by atoms with van der Waals surface area (Å²) in [4.78, 5) is 29.9. The van der Waals surface area contributed by atoms with E-state index in [0.29, 0.717) is 23.5 Å². The number of aryl methyl sites for hydroxylation is 2. The van der Waals surface area contributed by atoms with Gasteiger partial charge < -0.3 is 15.0 Å². The molecule has 0 saturated heterocycles. The Morgan fingerprint density at radius 1 is 0.844 bits per heavy atom. The van der Waals surface area contributed by atoms with Crippen molar-refractivity contribution in [2.75, 3.05) is 24.5 Å². The van der Waals surface area contributed by atoms with Crippen molar-refractivity contribution in [2.24, 2.45) is 0 Å². The van der Waals surface area contributed by atoms with Gasteiger partial charge in [-0.05, 0) is 72.9 Å². The molecule has 0 aliphatic rings. The molecule has 0 aromatic heterocycles. The second-order valence-electron chi connectivity index (χ2n) is 11.0. The molecule has 4 rings (SSSR count). The summed E-state index contributed by atoms with van der Waals surface area (Å²) in [6.45, 7) is 5.67. The largest absolute Gasteiger partial charge is 0.497 e. The Labute approximate surface area is 266 Å². The van der Waals surface area contributed by atoms with E-state index in [-0.39, 0.29) is 23.8 Å². The summed E-state index contributed by atoms with van der Waals surface area (Å²) in [5.74, 6) is -0.203. The first kappa shape index (κ1) is 33.3. The zero-order valence-electron chi connectivity index (χ0n) is 26.3. The Morgan fingerprint density at radius 3 is 2.18 bits per heavy atom.